The highest BCUT2D eigenvalue weighted by molar-refractivity contribution is 5.88. The monoisotopic (exact) mass is 288 g/mol. The maximum absolute atomic E-state index is 11.8. The van der Waals surface area contributed by atoms with Crippen LogP contribution in [-0.4, -0.2) is 42.8 Å². The fourth-order valence-electron chi connectivity index (χ4n) is 1.30. The van der Waals surface area contributed by atoms with Crippen molar-refractivity contribution in [1.82, 2.24) is 10.6 Å². The molecule has 116 valence electrons. The Kier molecular flexibility index (Phi) is 7.64. The fourth-order valence-corrected chi connectivity index (χ4v) is 1.30. The van der Waals surface area contributed by atoms with Crippen LogP contribution >= 0.6 is 0 Å². The van der Waals surface area contributed by atoms with Gasteiger partial charge in [-0.05, 0) is 34.1 Å². The van der Waals surface area contributed by atoms with E-state index in [4.69, 9.17) is 4.74 Å². The molecule has 0 aliphatic rings. The average Bonchev–Trinajstić information content (AvgIpc) is 2.31. The first-order valence-corrected chi connectivity index (χ1v) is 6.62. The van der Waals surface area contributed by atoms with Gasteiger partial charge in [0.2, 0.25) is 5.91 Å². The molecule has 0 rings (SSSR count). The topological polar surface area (TPSA) is 93.7 Å². The van der Waals surface area contributed by atoms with Gasteiger partial charge in [-0.3, -0.25) is 9.59 Å². The number of rotatable bonds is 6. The molecule has 0 aromatic rings. The molecule has 0 unspecified atom stereocenters. The normalized spacial score (nSPS) is 12.2. The lowest BCUT2D eigenvalue weighted by molar-refractivity contribution is -0.143. The van der Waals surface area contributed by atoms with Gasteiger partial charge >= 0.3 is 12.1 Å². The smallest absolute Gasteiger partial charge is 0.408 e. The summed E-state index contributed by atoms with van der Waals surface area (Å²) in [5.74, 6) is -0.973. The van der Waals surface area contributed by atoms with Crippen molar-refractivity contribution in [2.24, 2.45) is 0 Å². The van der Waals surface area contributed by atoms with E-state index in [1.165, 1.54) is 0 Å². The van der Waals surface area contributed by atoms with Crippen molar-refractivity contribution in [3.05, 3.63) is 0 Å². The second kappa shape index (κ2) is 8.39. The number of nitrogens with one attached hydrogen (secondary N) is 2. The largest absolute Gasteiger partial charge is 0.465 e. The van der Waals surface area contributed by atoms with Crippen LogP contribution in [0, 0.1) is 0 Å². The summed E-state index contributed by atoms with van der Waals surface area (Å²) in [6.45, 7) is 8.64. The van der Waals surface area contributed by atoms with Crippen LogP contribution in [-0.2, 0) is 19.1 Å². The maximum atomic E-state index is 11.8. The number of hydrogen-bond donors (Lipinski definition) is 2. The second-order valence-corrected chi connectivity index (χ2v) is 5.13. The molecule has 0 bridgehead atoms. The van der Waals surface area contributed by atoms with Gasteiger partial charge in [-0.1, -0.05) is 6.92 Å². The molecular formula is C13H24N2O5. The number of alkyl carbamates (subject to hydrolysis) is 1. The molecule has 20 heavy (non-hydrogen) atoms. The van der Waals surface area contributed by atoms with Crippen molar-refractivity contribution in [2.45, 2.75) is 52.7 Å². The highest BCUT2D eigenvalue weighted by Gasteiger charge is 2.23. The molecule has 0 spiro atoms. The quantitative estimate of drug-likeness (QED) is 0.710. The predicted octanol–water partition coefficient (Wildman–Crippen LogP) is 0.969. The lowest BCUT2D eigenvalue weighted by Crippen LogP contribution is -2.48. The molecule has 0 aromatic heterocycles. The van der Waals surface area contributed by atoms with Crippen LogP contribution in [0.15, 0.2) is 0 Å². The van der Waals surface area contributed by atoms with Gasteiger partial charge in [-0.15, -0.1) is 0 Å². The number of esters is 1. The molecule has 0 radical (unpaired) electrons. The minimum absolute atomic E-state index is 0.223. The minimum atomic E-state index is -0.751. The van der Waals surface area contributed by atoms with Crippen LogP contribution in [0.25, 0.3) is 0 Å². The van der Waals surface area contributed by atoms with Gasteiger partial charge in [0.1, 0.15) is 18.2 Å². The third kappa shape index (κ3) is 8.34. The zero-order chi connectivity index (χ0) is 15.8. The van der Waals surface area contributed by atoms with Crippen LogP contribution in [0.1, 0.15) is 41.0 Å². The number of carbonyl (C=O) groups excluding carboxylic acids is 3. The summed E-state index contributed by atoms with van der Waals surface area (Å²) in [6, 6.07) is -0.751. The van der Waals surface area contributed by atoms with Gasteiger partial charge in [0.25, 0.3) is 0 Å². The Balaban J connectivity index is 4.28. The van der Waals surface area contributed by atoms with E-state index in [0.29, 0.717) is 6.42 Å². The SMILES string of the molecule is CCOC(=O)CNC(=O)[C@H](CC)NC(=O)OC(C)(C)C. The first kappa shape index (κ1) is 18.2. The summed E-state index contributed by atoms with van der Waals surface area (Å²) in [5.41, 5.74) is -0.635. The van der Waals surface area contributed by atoms with E-state index in [9.17, 15) is 14.4 Å². The Morgan fingerprint density at radius 2 is 1.75 bits per heavy atom. The van der Waals surface area contributed by atoms with Crippen molar-refractivity contribution in [2.75, 3.05) is 13.2 Å². The summed E-state index contributed by atoms with van der Waals surface area (Å²) in [6.07, 6.45) is -0.288. The maximum Gasteiger partial charge on any atom is 0.408 e. The van der Waals surface area contributed by atoms with Gasteiger partial charge < -0.3 is 20.1 Å². The number of ether oxygens (including phenoxy) is 2. The molecule has 0 heterocycles. The van der Waals surface area contributed by atoms with Crippen LogP contribution < -0.4 is 10.6 Å². The van der Waals surface area contributed by atoms with Crippen LogP contribution in [0.3, 0.4) is 0 Å². The number of carbonyl (C=O) groups is 3. The van der Waals surface area contributed by atoms with E-state index in [2.05, 4.69) is 15.4 Å². The summed E-state index contributed by atoms with van der Waals surface area (Å²) >= 11 is 0. The molecule has 0 fully saturated rings. The second-order valence-electron chi connectivity index (χ2n) is 5.13. The molecule has 1 atom stereocenters. The molecule has 0 saturated carbocycles. The van der Waals surface area contributed by atoms with Crippen molar-refractivity contribution in [3.8, 4) is 0 Å². The third-order valence-electron chi connectivity index (χ3n) is 2.13. The van der Waals surface area contributed by atoms with Gasteiger partial charge in [-0.25, -0.2) is 4.79 Å². The molecule has 0 aliphatic carbocycles. The Morgan fingerprint density at radius 1 is 1.15 bits per heavy atom. The van der Waals surface area contributed by atoms with Crippen molar-refractivity contribution < 1.29 is 23.9 Å². The molecule has 0 aliphatic heterocycles. The van der Waals surface area contributed by atoms with E-state index < -0.39 is 29.6 Å². The minimum Gasteiger partial charge on any atom is -0.465 e. The van der Waals surface area contributed by atoms with Crippen LogP contribution in [0.5, 0.6) is 0 Å². The molecule has 0 aromatic carbocycles. The number of hydrogen-bond acceptors (Lipinski definition) is 5. The van der Waals surface area contributed by atoms with Crippen LogP contribution in [0.4, 0.5) is 4.79 Å². The molecule has 7 heteroatoms. The van der Waals surface area contributed by atoms with E-state index in [1.54, 1.807) is 34.6 Å². The van der Waals surface area contributed by atoms with Crippen molar-refractivity contribution in [1.29, 1.82) is 0 Å². The van der Waals surface area contributed by atoms with Gasteiger partial charge in [0.15, 0.2) is 0 Å². The zero-order valence-electron chi connectivity index (χ0n) is 12.7. The summed E-state index contributed by atoms with van der Waals surface area (Å²) in [7, 11) is 0. The van der Waals surface area contributed by atoms with Crippen molar-refractivity contribution in [3.63, 3.8) is 0 Å². The molecule has 2 amide bonds. The molecule has 7 nitrogen and oxygen atoms in total. The lowest BCUT2D eigenvalue weighted by Gasteiger charge is -2.22. The zero-order valence-corrected chi connectivity index (χ0v) is 12.7. The summed E-state index contributed by atoms with van der Waals surface area (Å²) in [5, 5.41) is 4.86. The summed E-state index contributed by atoms with van der Waals surface area (Å²) < 4.78 is 9.75. The first-order chi connectivity index (χ1) is 9.19. The molecule has 2 N–H and O–H groups in total. The fraction of sp³-hybridized carbons (Fsp3) is 0.769. The standard InChI is InChI=1S/C13H24N2O5/c1-6-9(15-12(18)20-13(3,4)5)11(17)14-8-10(16)19-7-2/h9H,6-8H2,1-5H3,(H,14,17)(H,15,18)/t9-/m0/s1. The van der Waals surface area contributed by atoms with Gasteiger partial charge in [0, 0.05) is 0 Å². The Hall–Kier alpha value is -1.79. The predicted molar refractivity (Wildman–Crippen MR) is 73.1 cm³/mol. The van der Waals surface area contributed by atoms with Gasteiger partial charge in [-0.2, -0.15) is 0 Å². The van der Waals surface area contributed by atoms with E-state index in [-0.39, 0.29) is 13.2 Å². The summed E-state index contributed by atoms with van der Waals surface area (Å²) in [4.78, 5) is 34.5. The van der Waals surface area contributed by atoms with Crippen LogP contribution in [0.2, 0.25) is 0 Å². The Morgan fingerprint density at radius 3 is 2.20 bits per heavy atom. The van der Waals surface area contributed by atoms with E-state index in [0.717, 1.165) is 0 Å². The third-order valence-corrected chi connectivity index (χ3v) is 2.13. The molecule has 0 saturated heterocycles. The van der Waals surface area contributed by atoms with Crippen molar-refractivity contribution >= 4 is 18.0 Å². The van der Waals surface area contributed by atoms with E-state index in [1.807, 2.05) is 0 Å². The highest BCUT2D eigenvalue weighted by Crippen LogP contribution is 2.07. The average molecular weight is 288 g/mol. The number of amides is 2. The van der Waals surface area contributed by atoms with E-state index >= 15 is 0 Å². The Bertz CT molecular complexity index is 349. The highest BCUT2D eigenvalue weighted by atomic mass is 16.6. The Labute approximate surface area is 119 Å². The first-order valence-electron chi connectivity index (χ1n) is 6.62. The molecular weight excluding hydrogens is 264 g/mol. The lowest BCUT2D eigenvalue weighted by atomic mass is 10.2. The van der Waals surface area contributed by atoms with Gasteiger partial charge in [0.05, 0.1) is 6.61 Å².